The first-order chi connectivity index (χ1) is 9.45. The van der Waals surface area contributed by atoms with Gasteiger partial charge in [0.2, 0.25) is 0 Å². The molecule has 4 unspecified atom stereocenters. The van der Waals surface area contributed by atoms with Crippen LogP contribution >= 0.6 is 0 Å². The predicted octanol–water partition coefficient (Wildman–Crippen LogP) is 0.733. The first-order valence-electron chi connectivity index (χ1n) is 8.98. The Morgan fingerprint density at radius 3 is 1.30 bits per heavy atom. The smallest absolute Gasteiger partial charge is 0.0247 e. The molecule has 10 heavy (non-hydrogen) atoms. The van der Waals surface area contributed by atoms with E-state index in [0.29, 0.717) is 0 Å². The average molecular weight is 154 g/mol. The second-order valence-corrected chi connectivity index (χ2v) is 2.24. The molecular weight excluding hydrogens is 124 g/mol. The highest BCUT2D eigenvalue weighted by Crippen LogP contribution is 2.05. The summed E-state index contributed by atoms with van der Waals surface area (Å²) in [4.78, 5) is 0. The topological polar surface area (TPSA) is 24.1 Å². The van der Waals surface area contributed by atoms with Gasteiger partial charge in [0.1, 0.15) is 0 Å². The van der Waals surface area contributed by atoms with Gasteiger partial charge in [-0.1, -0.05) is 0 Å². The summed E-state index contributed by atoms with van der Waals surface area (Å²) in [6.07, 6.45) is 0. The Hall–Kier alpha value is -0.0800. The fraction of sp³-hybridized carbons (Fsp3) is 1.00. The molecule has 0 aromatic carbocycles. The highest BCUT2D eigenvalue weighted by atomic mass is 15.1. The van der Waals surface area contributed by atoms with Crippen molar-refractivity contribution >= 4 is 0 Å². The van der Waals surface area contributed by atoms with E-state index in [1.165, 1.54) is 0 Å². The zero-order chi connectivity index (χ0) is 17.7. The van der Waals surface area contributed by atoms with Gasteiger partial charge in [-0.3, -0.25) is 0 Å². The van der Waals surface area contributed by atoms with Crippen LogP contribution < -0.4 is 10.6 Å². The van der Waals surface area contributed by atoms with Crippen LogP contribution in [0.15, 0.2) is 0 Å². The maximum absolute atomic E-state index is 7.41. The molecule has 1 aliphatic heterocycles. The summed E-state index contributed by atoms with van der Waals surface area (Å²) in [6, 6.07) is -6.82. The number of piperazine rings is 1. The van der Waals surface area contributed by atoms with Crippen molar-refractivity contribution in [3.05, 3.63) is 0 Å². The molecule has 0 saturated carbocycles. The third kappa shape index (κ3) is 1.50. The van der Waals surface area contributed by atoms with Crippen molar-refractivity contribution in [1.29, 1.82) is 0 Å². The molecule has 60 valence electrons. The molecule has 0 aromatic heterocycles. The maximum atomic E-state index is 7.41. The molecule has 1 aliphatic rings. The lowest BCUT2D eigenvalue weighted by Crippen LogP contribution is -2.62. The van der Waals surface area contributed by atoms with Crippen molar-refractivity contribution in [3.8, 4) is 0 Å². The molecule has 2 N–H and O–H groups in total. The fourth-order valence-electron chi connectivity index (χ4n) is 0.772. The van der Waals surface area contributed by atoms with Crippen LogP contribution in [0.1, 0.15) is 43.9 Å². The Morgan fingerprint density at radius 2 is 1.10 bits per heavy atom. The molecule has 1 fully saturated rings. The maximum Gasteiger partial charge on any atom is 0.0247 e. The van der Waals surface area contributed by atoms with E-state index in [0.717, 1.165) is 0 Å². The SMILES string of the molecule is [2H]C([2H])([2H])C1NC(C([2H])([2H])[2H])C(C([2H])([2H])[2H])NC1C([2H])([2H])[2H]. The molecule has 1 saturated heterocycles. The third-order valence-electron chi connectivity index (χ3n) is 1.38. The molecule has 0 radical (unpaired) electrons. The van der Waals surface area contributed by atoms with Gasteiger partial charge in [0.05, 0.1) is 0 Å². The lowest BCUT2D eigenvalue weighted by Gasteiger charge is -2.38. The molecule has 0 bridgehead atoms. The van der Waals surface area contributed by atoms with Gasteiger partial charge in [0.15, 0.2) is 0 Å². The molecular formula is C8H18N2. The number of hydrogen-bond donors (Lipinski definition) is 2. The second kappa shape index (κ2) is 2.89. The second-order valence-electron chi connectivity index (χ2n) is 2.24. The summed E-state index contributed by atoms with van der Waals surface area (Å²) < 4.78 is 88.9. The van der Waals surface area contributed by atoms with Crippen molar-refractivity contribution in [2.24, 2.45) is 0 Å². The Balaban J connectivity index is 3.30. The molecule has 4 atom stereocenters. The highest BCUT2D eigenvalue weighted by Gasteiger charge is 2.25. The molecule has 0 aromatic rings. The van der Waals surface area contributed by atoms with E-state index < -0.39 is 51.6 Å². The van der Waals surface area contributed by atoms with Gasteiger partial charge in [-0.05, 0) is 27.4 Å². The van der Waals surface area contributed by atoms with Crippen LogP contribution in [0.3, 0.4) is 0 Å². The van der Waals surface area contributed by atoms with Crippen molar-refractivity contribution in [3.63, 3.8) is 0 Å². The largest absolute Gasteiger partial charge is 0.309 e. The molecule has 0 amide bonds. The van der Waals surface area contributed by atoms with E-state index in [9.17, 15) is 0 Å². The summed E-state index contributed by atoms with van der Waals surface area (Å²) in [5.74, 6) is 0. The van der Waals surface area contributed by atoms with E-state index >= 15 is 0 Å². The van der Waals surface area contributed by atoms with Gasteiger partial charge in [0, 0.05) is 40.6 Å². The summed E-state index contributed by atoms with van der Waals surface area (Å²) >= 11 is 0. The van der Waals surface area contributed by atoms with E-state index in [1.54, 1.807) is 0 Å². The van der Waals surface area contributed by atoms with E-state index in [1.807, 2.05) is 0 Å². The van der Waals surface area contributed by atoms with Gasteiger partial charge in [0.25, 0.3) is 0 Å². The summed E-state index contributed by atoms with van der Waals surface area (Å²) in [5, 5.41) is 4.48. The van der Waals surface area contributed by atoms with Crippen LogP contribution in [-0.4, -0.2) is 24.2 Å². The van der Waals surface area contributed by atoms with Crippen LogP contribution in [0.4, 0.5) is 0 Å². The summed E-state index contributed by atoms with van der Waals surface area (Å²) in [6.45, 7) is -11.2. The zero-order valence-corrected chi connectivity index (χ0v) is 5.31. The normalized spacial score (nSPS) is 72.0. The van der Waals surface area contributed by atoms with Crippen LogP contribution in [-0.2, 0) is 0 Å². The quantitative estimate of drug-likeness (QED) is 0.537. The van der Waals surface area contributed by atoms with Gasteiger partial charge >= 0.3 is 0 Å². The third-order valence-corrected chi connectivity index (χ3v) is 1.38. The van der Waals surface area contributed by atoms with Crippen LogP contribution in [0, 0.1) is 0 Å². The lowest BCUT2D eigenvalue weighted by molar-refractivity contribution is 0.250. The summed E-state index contributed by atoms with van der Waals surface area (Å²) in [5.41, 5.74) is 0. The van der Waals surface area contributed by atoms with Crippen LogP contribution in [0.2, 0.25) is 0 Å². The Labute approximate surface area is 80.2 Å². The molecule has 2 heteroatoms. The van der Waals surface area contributed by atoms with Crippen molar-refractivity contribution in [2.45, 2.75) is 51.6 Å². The van der Waals surface area contributed by atoms with Crippen molar-refractivity contribution < 1.29 is 16.4 Å². The molecule has 1 rings (SSSR count). The van der Waals surface area contributed by atoms with Gasteiger partial charge in [-0.25, -0.2) is 0 Å². The number of rotatable bonds is 0. The molecule has 0 aliphatic carbocycles. The van der Waals surface area contributed by atoms with E-state index in [-0.39, 0.29) is 0 Å². The monoisotopic (exact) mass is 154 g/mol. The Kier molecular flexibility index (Phi) is 0.474. The highest BCUT2D eigenvalue weighted by molar-refractivity contribution is 4.89. The zero-order valence-electron chi connectivity index (χ0n) is 17.3. The first kappa shape index (κ1) is 1.64. The van der Waals surface area contributed by atoms with E-state index in [2.05, 4.69) is 10.6 Å². The number of nitrogens with one attached hydrogen (secondary N) is 2. The first-order valence-corrected chi connectivity index (χ1v) is 2.98. The lowest BCUT2D eigenvalue weighted by atomic mass is 10.0. The van der Waals surface area contributed by atoms with Gasteiger partial charge in [-0.2, -0.15) is 0 Å². The number of hydrogen-bond acceptors (Lipinski definition) is 2. The summed E-state index contributed by atoms with van der Waals surface area (Å²) in [7, 11) is 0. The molecule has 2 nitrogen and oxygen atoms in total. The Morgan fingerprint density at radius 1 is 0.800 bits per heavy atom. The van der Waals surface area contributed by atoms with E-state index in [4.69, 9.17) is 16.4 Å². The fourth-order valence-corrected chi connectivity index (χ4v) is 0.772. The Bertz CT molecular complexity index is 316. The molecule has 0 spiro atoms. The van der Waals surface area contributed by atoms with Crippen molar-refractivity contribution in [1.82, 2.24) is 10.6 Å². The standard InChI is InChI=1S/C8H18N2/c1-5-6(2)10-8(4)7(3)9-5/h5-10H,1-4H3/i1D3,2D3,3D3,4D3. The molecule has 1 heterocycles. The average Bonchev–Trinajstić information content (AvgIpc) is 2.22. The minimum Gasteiger partial charge on any atom is -0.309 e. The minimum atomic E-state index is -2.81. The van der Waals surface area contributed by atoms with Crippen LogP contribution in [0.25, 0.3) is 0 Å². The van der Waals surface area contributed by atoms with Gasteiger partial charge in [-0.15, -0.1) is 0 Å². The van der Waals surface area contributed by atoms with Crippen LogP contribution in [0.5, 0.6) is 0 Å². The van der Waals surface area contributed by atoms with Gasteiger partial charge < -0.3 is 10.6 Å². The minimum absolute atomic E-state index is 1.70. The van der Waals surface area contributed by atoms with Crippen molar-refractivity contribution in [2.75, 3.05) is 0 Å². The predicted molar refractivity (Wildman–Crippen MR) is 44.1 cm³/mol.